The highest BCUT2D eigenvalue weighted by Gasteiger charge is 2.17. The maximum Gasteiger partial charge on any atom is 0.158 e. The molecule has 0 spiro atoms. The summed E-state index contributed by atoms with van der Waals surface area (Å²) in [5.74, 6) is 1.78. The van der Waals surface area contributed by atoms with Crippen molar-refractivity contribution in [2.75, 3.05) is 12.0 Å². The minimum atomic E-state index is -0.826. The zero-order chi connectivity index (χ0) is 13.3. The number of imidazole rings is 1. The molecule has 1 unspecified atom stereocenters. The molecule has 2 aromatic rings. The third kappa shape index (κ3) is 2.31. The van der Waals surface area contributed by atoms with Gasteiger partial charge < -0.3 is 4.57 Å². The smallest absolute Gasteiger partial charge is 0.158 e. The van der Waals surface area contributed by atoms with E-state index >= 15 is 0 Å². The number of aromatic nitrogens is 4. The van der Waals surface area contributed by atoms with Crippen molar-refractivity contribution in [2.24, 2.45) is 0 Å². The van der Waals surface area contributed by atoms with Crippen molar-refractivity contribution >= 4 is 33.6 Å². The molecule has 2 heterocycles. The average Bonchev–Trinajstić information content (AvgIpc) is 2.84. The first kappa shape index (κ1) is 13.5. The van der Waals surface area contributed by atoms with E-state index in [-0.39, 0.29) is 0 Å². The maximum atomic E-state index is 11.3. The van der Waals surface area contributed by atoms with E-state index in [1.165, 1.54) is 0 Å². The van der Waals surface area contributed by atoms with Gasteiger partial charge in [-0.25, -0.2) is 9.67 Å². The van der Waals surface area contributed by atoms with E-state index in [9.17, 15) is 4.21 Å². The lowest BCUT2D eigenvalue weighted by Crippen LogP contribution is -2.12. The molecule has 0 aliphatic carbocycles. The number of fused-ring (bicyclic) bond motifs is 1. The molecular weight excluding hydrogens is 272 g/mol. The Bertz CT molecular complexity index is 589. The fourth-order valence-corrected chi connectivity index (χ4v) is 2.69. The van der Waals surface area contributed by atoms with Gasteiger partial charge in [0, 0.05) is 35.9 Å². The van der Waals surface area contributed by atoms with Crippen LogP contribution in [0.5, 0.6) is 0 Å². The number of alkyl halides is 1. The summed E-state index contributed by atoms with van der Waals surface area (Å²) in [6.07, 6.45) is 1.71. The van der Waals surface area contributed by atoms with Gasteiger partial charge in [0.15, 0.2) is 5.65 Å². The molecule has 0 aliphatic heterocycles. The zero-order valence-electron chi connectivity index (χ0n) is 10.8. The van der Waals surface area contributed by atoms with E-state index in [1.807, 2.05) is 23.1 Å². The Morgan fingerprint density at radius 1 is 1.44 bits per heavy atom. The third-order valence-electron chi connectivity index (χ3n) is 2.90. The summed E-state index contributed by atoms with van der Waals surface area (Å²) in [6.45, 7) is 5.43. The monoisotopic (exact) mass is 288 g/mol. The van der Waals surface area contributed by atoms with Gasteiger partial charge in [-0.2, -0.15) is 5.10 Å². The number of aryl methyl sites for hydroxylation is 3. The predicted octanol–water partition coefficient (Wildman–Crippen LogP) is 1.68. The summed E-state index contributed by atoms with van der Waals surface area (Å²) >= 11 is 5.93. The van der Waals surface area contributed by atoms with Crippen LogP contribution in [0.25, 0.3) is 11.2 Å². The van der Waals surface area contributed by atoms with Gasteiger partial charge in [0.05, 0.1) is 11.6 Å². The molecule has 0 amide bonds. The van der Waals surface area contributed by atoms with Crippen LogP contribution in [-0.4, -0.2) is 35.5 Å². The van der Waals surface area contributed by atoms with Crippen molar-refractivity contribution in [1.29, 1.82) is 0 Å². The number of nitrogens with zero attached hydrogens (tertiary/aromatic N) is 4. The second kappa shape index (κ2) is 5.40. The average molecular weight is 289 g/mol. The minimum absolute atomic E-state index is 0.355. The lowest BCUT2D eigenvalue weighted by atomic mass is 10.4. The standard InChI is InChI=1S/C11H17ClN4OS/c1-4-16-11-10(8(2)14-16)13-9(7-12)15(11)5-6-18(3)17/h4-7H2,1-3H3. The Kier molecular flexibility index (Phi) is 4.07. The SMILES string of the molecule is CCn1nc(C)c2nc(CCl)n(CCS(C)=O)c21. The fraction of sp³-hybridized carbons (Fsp3) is 0.636. The van der Waals surface area contributed by atoms with Crippen molar-refractivity contribution in [3.63, 3.8) is 0 Å². The van der Waals surface area contributed by atoms with Gasteiger partial charge in [0.25, 0.3) is 0 Å². The Hall–Kier alpha value is -0.880. The highest BCUT2D eigenvalue weighted by atomic mass is 35.5. The Morgan fingerprint density at radius 3 is 2.72 bits per heavy atom. The van der Waals surface area contributed by atoms with Crippen LogP contribution in [0.3, 0.4) is 0 Å². The molecule has 0 aromatic carbocycles. The van der Waals surface area contributed by atoms with Crippen LogP contribution in [-0.2, 0) is 29.8 Å². The van der Waals surface area contributed by atoms with E-state index in [0.717, 1.165) is 29.2 Å². The molecule has 2 aromatic heterocycles. The maximum absolute atomic E-state index is 11.3. The van der Waals surface area contributed by atoms with Crippen LogP contribution in [0.2, 0.25) is 0 Å². The Labute approximate surface area is 114 Å². The molecule has 0 fully saturated rings. The number of hydrogen-bond donors (Lipinski definition) is 0. The van der Waals surface area contributed by atoms with Gasteiger partial charge in [-0.1, -0.05) is 0 Å². The highest BCUT2D eigenvalue weighted by molar-refractivity contribution is 7.84. The van der Waals surface area contributed by atoms with Gasteiger partial charge >= 0.3 is 0 Å². The Morgan fingerprint density at radius 2 is 2.17 bits per heavy atom. The van der Waals surface area contributed by atoms with Crippen molar-refractivity contribution in [2.45, 2.75) is 32.8 Å². The Balaban J connectivity index is 2.55. The van der Waals surface area contributed by atoms with Gasteiger partial charge in [-0.15, -0.1) is 11.6 Å². The van der Waals surface area contributed by atoms with Gasteiger partial charge in [-0.05, 0) is 13.8 Å². The molecule has 2 rings (SSSR count). The molecule has 0 aliphatic rings. The summed E-state index contributed by atoms with van der Waals surface area (Å²) in [6, 6.07) is 0. The second-order valence-electron chi connectivity index (χ2n) is 4.16. The molecule has 0 N–H and O–H groups in total. The van der Waals surface area contributed by atoms with Crippen LogP contribution in [0.15, 0.2) is 0 Å². The first-order valence-electron chi connectivity index (χ1n) is 5.87. The molecule has 5 nitrogen and oxygen atoms in total. The van der Waals surface area contributed by atoms with Crippen LogP contribution >= 0.6 is 11.6 Å². The van der Waals surface area contributed by atoms with E-state index in [0.29, 0.717) is 18.2 Å². The lowest BCUT2D eigenvalue weighted by molar-refractivity contribution is 0.630. The summed E-state index contributed by atoms with van der Waals surface area (Å²) in [4.78, 5) is 4.53. The first-order valence-corrected chi connectivity index (χ1v) is 8.13. The van der Waals surface area contributed by atoms with E-state index in [4.69, 9.17) is 11.6 Å². The highest BCUT2D eigenvalue weighted by Crippen LogP contribution is 2.20. The molecule has 0 bridgehead atoms. The van der Waals surface area contributed by atoms with E-state index < -0.39 is 10.8 Å². The van der Waals surface area contributed by atoms with Crippen molar-refractivity contribution < 1.29 is 4.21 Å². The molecule has 0 saturated heterocycles. The van der Waals surface area contributed by atoms with Gasteiger partial charge in [0.1, 0.15) is 11.3 Å². The zero-order valence-corrected chi connectivity index (χ0v) is 12.4. The summed E-state index contributed by atoms with van der Waals surface area (Å²) in [5.41, 5.74) is 2.79. The van der Waals surface area contributed by atoms with Crippen LogP contribution in [0.4, 0.5) is 0 Å². The quantitative estimate of drug-likeness (QED) is 0.787. The minimum Gasteiger partial charge on any atom is -0.311 e. The molecule has 7 heteroatoms. The summed E-state index contributed by atoms with van der Waals surface area (Å²) in [5, 5.41) is 4.45. The normalized spacial score (nSPS) is 13.3. The lowest BCUT2D eigenvalue weighted by Gasteiger charge is -2.07. The van der Waals surface area contributed by atoms with Crippen LogP contribution in [0, 0.1) is 6.92 Å². The van der Waals surface area contributed by atoms with Crippen LogP contribution in [0.1, 0.15) is 18.4 Å². The van der Waals surface area contributed by atoms with E-state index in [2.05, 4.69) is 10.1 Å². The second-order valence-corrected chi connectivity index (χ2v) is 5.99. The number of hydrogen-bond acceptors (Lipinski definition) is 3. The number of halogens is 1. The largest absolute Gasteiger partial charge is 0.311 e. The molecule has 100 valence electrons. The van der Waals surface area contributed by atoms with Crippen molar-refractivity contribution in [3.8, 4) is 0 Å². The van der Waals surface area contributed by atoms with Gasteiger partial charge in [0.2, 0.25) is 0 Å². The fourth-order valence-electron chi connectivity index (χ4n) is 2.05. The molecule has 1 atom stereocenters. The summed E-state index contributed by atoms with van der Waals surface area (Å²) in [7, 11) is -0.826. The molecular formula is C11H17ClN4OS. The van der Waals surface area contributed by atoms with Crippen molar-refractivity contribution in [3.05, 3.63) is 11.5 Å². The topological polar surface area (TPSA) is 52.7 Å². The third-order valence-corrected chi connectivity index (χ3v) is 3.90. The number of rotatable bonds is 5. The first-order chi connectivity index (χ1) is 8.58. The molecule has 0 radical (unpaired) electrons. The predicted molar refractivity (Wildman–Crippen MR) is 74.4 cm³/mol. The van der Waals surface area contributed by atoms with E-state index in [1.54, 1.807) is 6.26 Å². The molecule has 18 heavy (non-hydrogen) atoms. The van der Waals surface area contributed by atoms with Crippen LogP contribution < -0.4 is 0 Å². The van der Waals surface area contributed by atoms with Gasteiger partial charge in [-0.3, -0.25) is 4.21 Å². The van der Waals surface area contributed by atoms with Crippen molar-refractivity contribution in [1.82, 2.24) is 19.3 Å². The molecule has 0 saturated carbocycles. The summed E-state index contributed by atoms with van der Waals surface area (Å²) < 4.78 is 15.2.